The van der Waals surface area contributed by atoms with Gasteiger partial charge in [-0.15, -0.1) is 0 Å². The normalized spacial score (nSPS) is 16.8. The Morgan fingerprint density at radius 3 is 2.88 bits per heavy atom. The van der Waals surface area contributed by atoms with Crippen LogP contribution in [-0.4, -0.2) is 67.6 Å². The quantitative estimate of drug-likeness (QED) is 0.374. The van der Waals surface area contributed by atoms with Crippen molar-refractivity contribution in [3.8, 4) is 0 Å². The summed E-state index contributed by atoms with van der Waals surface area (Å²) in [6, 6.07) is 2.24. The maximum atomic E-state index is 12.6. The number of carbonyl (C=O) groups excluding carboxylic acids is 2. The van der Waals surface area contributed by atoms with Gasteiger partial charge in [0.25, 0.3) is 5.91 Å². The van der Waals surface area contributed by atoms with Gasteiger partial charge in [0.15, 0.2) is 0 Å². The molecular weight excluding hydrogens is 348 g/mol. The Morgan fingerprint density at radius 2 is 2.20 bits per heavy atom. The molecule has 1 atom stereocenters. The van der Waals surface area contributed by atoms with Crippen LogP contribution in [0.1, 0.15) is 22.5 Å². The Balaban J connectivity index is 1.86. The number of carbonyl (C=O) groups is 2. The van der Waals surface area contributed by atoms with Gasteiger partial charge in [0, 0.05) is 39.4 Å². The van der Waals surface area contributed by atoms with Gasteiger partial charge in [-0.3, -0.25) is 19.7 Å². The third-order valence-corrected chi connectivity index (χ3v) is 4.91. The summed E-state index contributed by atoms with van der Waals surface area (Å²) >= 11 is 0.835. The van der Waals surface area contributed by atoms with Crippen LogP contribution in [0, 0.1) is 10.1 Å². The predicted octanol–water partition coefficient (Wildman–Crippen LogP) is 0.613. The summed E-state index contributed by atoms with van der Waals surface area (Å²) in [5, 5.41) is 16.6. The Kier molecular flexibility index (Phi) is 7.29. The number of ether oxygens (including phenoxy) is 1. The van der Waals surface area contributed by atoms with Crippen LogP contribution < -0.4 is 10.6 Å². The van der Waals surface area contributed by atoms with Gasteiger partial charge in [-0.1, -0.05) is 11.3 Å². The highest BCUT2D eigenvalue weighted by Gasteiger charge is 2.35. The zero-order chi connectivity index (χ0) is 18.2. The SMILES string of the molecule is COCCNCCNC(=O)C1CCCN1C(=O)c1ccc([N+](=O)[O-])s1. The van der Waals surface area contributed by atoms with E-state index in [1.54, 1.807) is 7.11 Å². The number of hydrogen-bond acceptors (Lipinski definition) is 7. The van der Waals surface area contributed by atoms with Crippen molar-refractivity contribution in [1.29, 1.82) is 0 Å². The van der Waals surface area contributed by atoms with E-state index in [1.165, 1.54) is 17.0 Å². The molecule has 2 N–H and O–H groups in total. The van der Waals surface area contributed by atoms with E-state index in [4.69, 9.17) is 4.74 Å². The first-order valence-electron chi connectivity index (χ1n) is 8.07. The summed E-state index contributed by atoms with van der Waals surface area (Å²) < 4.78 is 4.91. The molecule has 0 radical (unpaired) electrons. The Labute approximate surface area is 149 Å². The van der Waals surface area contributed by atoms with Crippen molar-refractivity contribution >= 4 is 28.2 Å². The van der Waals surface area contributed by atoms with E-state index in [-0.39, 0.29) is 21.7 Å². The van der Waals surface area contributed by atoms with Crippen molar-refractivity contribution in [2.24, 2.45) is 0 Å². The van der Waals surface area contributed by atoms with Crippen molar-refractivity contribution in [1.82, 2.24) is 15.5 Å². The number of thiophene rings is 1. The van der Waals surface area contributed by atoms with E-state index in [9.17, 15) is 19.7 Å². The van der Waals surface area contributed by atoms with Crippen LogP contribution in [0.5, 0.6) is 0 Å². The Bertz CT molecular complexity index is 621. The fourth-order valence-corrected chi connectivity index (χ4v) is 3.43. The van der Waals surface area contributed by atoms with Gasteiger partial charge in [-0.25, -0.2) is 0 Å². The van der Waals surface area contributed by atoms with E-state index in [2.05, 4.69) is 10.6 Å². The minimum absolute atomic E-state index is 0.0781. The number of amides is 2. The monoisotopic (exact) mass is 370 g/mol. The highest BCUT2D eigenvalue weighted by Crippen LogP contribution is 2.28. The standard InChI is InChI=1S/C15H22N4O5S/c1-24-10-8-16-6-7-17-14(20)11-3-2-9-18(11)15(21)12-4-5-13(25-12)19(22)23/h4-5,11,16H,2-3,6-10H2,1H3,(H,17,20). The smallest absolute Gasteiger partial charge is 0.324 e. The fraction of sp³-hybridized carbons (Fsp3) is 0.600. The highest BCUT2D eigenvalue weighted by molar-refractivity contribution is 7.17. The summed E-state index contributed by atoms with van der Waals surface area (Å²) in [5.41, 5.74) is 0. The lowest BCUT2D eigenvalue weighted by Gasteiger charge is -2.23. The van der Waals surface area contributed by atoms with Gasteiger partial charge >= 0.3 is 5.00 Å². The molecule has 10 heteroatoms. The summed E-state index contributed by atoms with van der Waals surface area (Å²) in [4.78, 5) is 36.9. The number of nitro groups is 1. The van der Waals surface area contributed by atoms with Crippen molar-refractivity contribution in [2.45, 2.75) is 18.9 Å². The second kappa shape index (κ2) is 9.44. The van der Waals surface area contributed by atoms with Crippen molar-refractivity contribution in [3.05, 3.63) is 27.1 Å². The molecule has 1 saturated heterocycles. The first-order chi connectivity index (χ1) is 12.0. The van der Waals surface area contributed by atoms with Crippen molar-refractivity contribution < 1.29 is 19.2 Å². The number of hydrogen-bond donors (Lipinski definition) is 2. The number of methoxy groups -OCH3 is 1. The Morgan fingerprint density at radius 1 is 1.40 bits per heavy atom. The summed E-state index contributed by atoms with van der Waals surface area (Å²) in [6.07, 6.45) is 1.34. The summed E-state index contributed by atoms with van der Waals surface area (Å²) in [5.74, 6) is -0.514. The number of nitrogens with one attached hydrogen (secondary N) is 2. The average molecular weight is 370 g/mol. The first-order valence-corrected chi connectivity index (χ1v) is 8.88. The minimum atomic E-state index is -0.522. The lowest BCUT2D eigenvalue weighted by Crippen LogP contribution is -2.47. The molecule has 2 heterocycles. The third-order valence-electron chi connectivity index (χ3n) is 3.88. The molecule has 1 aliphatic heterocycles. The van der Waals surface area contributed by atoms with Crippen LogP contribution in [0.3, 0.4) is 0 Å². The molecule has 0 aromatic carbocycles. The molecule has 2 amide bonds. The molecule has 0 aliphatic carbocycles. The second-order valence-electron chi connectivity index (χ2n) is 5.59. The lowest BCUT2D eigenvalue weighted by atomic mass is 10.2. The molecule has 9 nitrogen and oxygen atoms in total. The van der Waals surface area contributed by atoms with Gasteiger partial charge in [0.05, 0.1) is 16.4 Å². The molecule has 1 aliphatic rings. The van der Waals surface area contributed by atoms with Gasteiger partial charge in [0.1, 0.15) is 6.04 Å². The molecule has 25 heavy (non-hydrogen) atoms. The van der Waals surface area contributed by atoms with Gasteiger partial charge in [-0.05, 0) is 18.9 Å². The lowest BCUT2D eigenvalue weighted by molar-refractivity contribution is -0.380. The molecule has 0 saturated carbocycles. The maximum absolute atomic E-state index is 12.6. The minimum Gasteiger partial charge on any atom is -0.383 e. The molecule has 0 bridgehead atoms. The number of nitrogens with zero attached hydrogens (tertiary/aromatic N) is 2. The van der Waals surface area contributed by atoms with Crippen LogP contribution in [0.15, 0.2) is 12.1 Å². The molecule has 1 aromatic heterocycles. The molecule has 1 unspecified atom stereocenters. The van der Waals surface area contributed by atoms with E-state index in [0.29, 0.717) is 39.2 Å². The van der Waals surface area contributed by atoms with Crippen LogP contribution >= 0.6 is 11.3 Å². The fourth-order valence-electron chi connectivity index (χ4n) is 2.66. The Hall–Kier alpha value is -2.04. The predicted molar refractivity (Wildman–Crippen MR) is 92.8 cm³/mol. The molecule has 138 valence electrons. The first kappa shape index (κ1) is 19.3. The van der Waals surface area contributed by atoms with Crippen molar-refractivity contribution in [3.63, 3.8) is 0 Å². The second-order valence-corrected chi connectivity index (χ2v) is 6.65. The van der Waals surface area contributed by atoms with E-state index in [0.717, 1.165) is 17.8 Å². The van der Waals surface area contributed by atoms with Crippen LogP contribution in [-0.2, 0) is 9.53 Å². The molecule has 2 rings (SSSR count). The summed E-state index contributed by atoms with van der Waals surface area (Å²) in [6.45, 7) is 2.87. The number of rotatable bonds is 9. The number of likely N-dealkylation sites (tertiary alicyclic amines) is 1. The zero-order valence-corrected chi connectivity index (χ0v) is 14.8. The molecule has 1 fully saturated rings. The van der Waals surface area contributed by atoms with E-state index in [1.807, 2.05) is 0 Å². The molecule has 0 spiro atoms. The largest absolute Gasteiger partial charge is 0.383 e. The summed E-state index contributed by atoms with van der Waals surface area (Å²) in [7, 11) is 1.62. The van der Waals surface area contributed by atoms with Crippen LogP contribution in [0.2, 0.25) is 0 Å². The topological polar surface area (TPSA) is 114 Å². The van der Waals surface area contributed by atoms with Gasteiger partial charge in [0.2, 0.25) is 5.91 Å². The maximum Gasteiger partial charge on any atom is 0.324 e. The third kappa shape index (κ3) is 5.21. The van der Waals surface area contributed by atoms with Crippen LogP contribution in [0.4, 0.5) is 5.00 Å². The average Bonchev–Trinajstić information content (AvgIpc) is 3.26. The highest BCUT2D eigenvalue weighted by atomic mass is 32.1. The zero-order valence-electron chi connectivity index (χ0n) is 14.0. The van der Waals surface area contributed by atoms with E-state index >= 15 is 0 Å². The molecule has 1 aromatic rings. The van der Waals surface area contributed by atoms with Gasteiger partial charge < -0.3 is 20.3 Å². The van der Waals surface area contributed by atoms with Gasteiger partial charge in [-0.2, -0.15) is 0 Å². The molecular formula is C15H22N4O5S. The van der Waals surface area contributed by atoms with Crippen LogP contribution in [0.25, 0.3) is 0 Å². The van der Waals surface area contributed by atoms with Crippen molar-refractivity contribution in [2.75, 3.05) is 39.9 Å². The van der Waals surface area contributed by atoms with E-state index < -0.39 is 11.0 Å².